The van der Waals surface area contributed by atoms with Gasteiger partial charge in [0.15, 0.2) is 0 Å². The minimum absolute atomic E-state index is 0.186. The van der Waals surface area contributed by atoms with E-state index in [2.05, 4.69) is 15.6 Å². The van der Waals surface area contributed by atoms with Gasteiger partial charge in [-0.1, -0.05) is 18.2 Å². The van der Waals surface area contributed by atoms with Gasteiger partial charge in [0, 0.05) is 44.9 Å². The van der Waals surface area contributed by atoms with E-state index >= 15 is 0 Å². The summed E-state index contributed by atoms with van der Waals surface area (Å²) < 4.78 is 3.88. The molecule has 3 aromatic rings. The second-order valence-corrected chi connectivity index (χ2v) is 5.32. The number of aromatic nitrogens is 3. The molecule has 0 aliphatic heterocycles. The normalized spacial score (nSPS) is 10.5. The fourth-order valence-corrected chi connectivity index (χ4v) is 2.40. The Morgan fingerprint density at radius 3 is 2.70 bits per heavy atom. The first-order chi connectivity index (χ1) is 11.2. The lowest BCUT2D eigenvalue weighted by Crippen LogP contribution is -2.34. The Bertz CT molecular complexity index is 776. The van der Waals surface area contributed by atoms with Crippen molar-refractivity contribution in [3.8, 4) is 5.69 Å². The molecule has 2 heterocycles. The number of aryl methyl sites for hydroxylation is 1. The number of nitrogens with zero attached hydrogens (tertiary/aromatic N) is 3. The van der Waals surface area contributed by atoms with Crippen LogP contribution in [0.15, 0.2) is 61.4 Å². The molecule has 1 aromatic carbocycles. The fraction of sp³-hybridized carbons (Fsp3) is 0.176. The highest BCUT2D eigenvalue weighted by Gasteiger charge is 2.06. The number of amides is 2. The Balaban J connectivity index is 1.57. The number of rotatable bonds is 5. The number of carbonyl (C=O) groups is 1. The molecule has 2 aromatic heterocycles. The smallest absolute Gasteiger partial charge is 0.315 e. The summed E-state index contributed by atoms with van der Waals surface area (Å²) in [5.74, 6) is 0. The molecule has 3 rings (SSSR count). The third-order valence-corrected chi connectivity index (χ3v) is 3.56. The first kappa shape index (κ1) is 14.9. The highest BCUT2D eigenvalue weighted by atomic mass is 16.2. The second kappa shape index (κ2) is 6.83. The van der Waals surface area contributed by atoms with Crippen molar-refractivity contribution in [2.45, 2.75) is 13.1 Å². The molecule has 23 heavy (non-hydrogen) atoms. The van der Waals surface area contributed by atoms with E-state index in [4.69, 9.17) is 0 Å². The molecule has 0 aliphatic carbocycles. The van der Waals surface area contributed by atoms with Crippen molar-refractivity contribution in [1.82, 2.24) is 24.8 Å². The van der Waals surface area contributed by atoms with Gasteiger partial charge in [-0.05, 0) is 23.3 Å². The van der Waals surface area contributed by atoms with Gasteiger partial charge >= 0.3 is 6.03 Å². The van der Waals surface area contributed by atoms with Gasteiger partial charge in [0.2, 0.25) is 0 Å². The third-order valence-electron chi connectivity index (χ3n) is 3.56. The van der Waals surface area contributed by atoms with Crippen molar-refractivity contribution in [3.63, 3.8) is 0 Å². The summed E-state index contributed by atoms with van der Waals surface area (Å²) in [6.45, 7) is 0.963. The van der Waals surface area contributed by atoms with Crippen molar-refractivity contribution in [2.75, 3.05) is 0 Å². The lowest BCUT2D eigenvalue weighted by atomic mass is 10.1. The number of nitrogens with one attached hydrogen (secondary N) is 2. The van der Waals surface area contributed by atoms with E-state index in [-0.39, 0.29) is 6.03 Å². The summed E-state index contributed by atoms with van der Waals surface area (Å²) in [7, 11) is 1.95. The zero-order valence-electron chi connectivity index (χ0n) is 12.9. The van der Waals surface area contributed by atoms with Crippen molar-refractivity contribution < 1.29 is 4.79 Å². The number of para-hydroxylation sites is 1. The predicted octanol–water partition coefficient (Wildman–Crippen LogP) is 2.21. The van der Waals surface area contributed by atoms with E-state index in [1.807, 2.05) is 65.1 Å². The zero-order chi connectivity index (χ0) is 16.1. The van der Waals surface area contributed by atoms with E-state index in [9.17, 15) is 4.79 Å². The molecule has 0 unspecified atom stereocenters. The van der Waals surface area contributed by atoms with Gasteiger partial charge in [-0.15, -0.1) is 0 Å². The maximum Gasteiger partial charge on any atom is 0.315 e. The largest absolute Gasteiger partial charge is 0.357 e. The second-order valence-electron chi connectivity index (χ2n) is 5.32. The summed E-state index contributed by atoms with van der Waals surface area (Å²) >= 11 is 0. The summed E-state index contributed by atoms with van der Waals surface area (Å²) in [6, 6.07) is 9.71. The molecule has 0 fully saturated rings. The van der Waals surface area contributed by atoms with Crippen molar-refractivity contribution in [2.24, 2.45) is 7.05 Å². The van der Waals surface area contributed by atoms with Gasteiger partial charge in [0.05, 0.1) is 12.0 Å². The molecule has 0 saturated carbocycles. The monoisotopic (exact) mass is 309 g/mol. The Labute approximate surface area is 134 Å². The van der Waals surface area contributed by atoms with Crippen LogP contribution in [0.4, 0.5) is 4.79 Å². The molecule has 2 amide bonds. The number of imidazole rings is 1. The Morgan fingerprint density at radius 1 is 1.13 bits per heavy atom. The molecule has 2 N–H and O–H groups in total. The van der Waals surface area contributed by atoms with Gasteiger partial charge in [-0.25, -0.2) is 9.78 Å². The van der Waals surface area contributed by atoms with Gasteiger partial charge in [-0.2, -0.15) is 0 Å². The average molecular weight is 309 g/mol. The van der Waals surface area contributed by atoms with Crippen molar-refractivity contribution >= 4 is 6.03 Å². The molecule has 0 bridgehead atoms. The Hall–Kier alpha value is -3.02. The van der Waals surface area contributed by atoms with E-state index in [1.54, 1.807) is 12.5 Å². The number of carbonyl (C=O) groups excluding carboxylic acids is 1. The topological polar surface area (TPSA) is 63.9 Å². The summed E-state index contributed by atoms with van der Waals surface area (Å²) in [6.07, 6.45) is 9.30. The summed E-state index contributed by atoms with van der Waals surface area (Å²) in [5.41, 5.74) is 3.11. The lowest BCUT2D eigenvalue weighted by Gasteiger charge is -2.11. The maximum absolute atomic E-state index is 11.9. The third kappa shape index (κ3) is 3.79. The van der Waals surface area contributed by atoms with Gasteiger partial charge in [-0.3, -0.25) is 0 Å². The molecule has 0 radical (unpaired) electrons. The van der Waals surface area contributed by atoms with Crippen LogP contribution in [0, 0.1) is 0 Å². The van der Waals surface area contributed by atoms with Crippen molar-refractivity contribution in [3.05, 3.63) is 72.6 Å². The van der Waals surface area contributed by atoms with E-state index in [0.717, 1.165) is 16.8 Å². The minimum Gasteiger partial charge on any atom is -0.357 e. The van der Waals surface area contributed by atoms with Crippen LogP contribution in [0.5, 0.6) is 0 Å². The quantitative estimate of drug-likeness (QED) is 0.759. The van der Waals surface area contributed by atoms with Crippen LogP contribution in [0.25, 0.3) is 5.69 Å². The van der Waals surface area contributed by atoms with Crippen LogP contribution in [0.1, 0.15) is 11.1 Å². The zero-order valence-corrected chi connectivity index (χ0v) is 12.9. The number of urea groups is 1. The van der Waals surface area contributed by atoms with E-state index in [1.165, 1.54) is 0 Å². The Morgan fingerprint density at radius 2 is 1.96 bits per heavy atom. The van der Waals surface area contributed by atoms with Crippen LogP contribution < -0.4 is 10.6 Å². The van der Waals surface area contributed by atoms with Crippen LogP contribution >= 0.6 is 0 Å². The SMILES string of the molecule is Cn1ccc(CNC(=O)NCc2ccccc2-n2ccnc2)c1. The first-order valence-electron chi connectivity index (χ1n) is 7.41. The summed E-state index contributed by atoms with van der Waals surface area (Å²) in [4.78, 5) is 16.0. The van der Waals surface area contributed by atoms with Gasteiger partial charge in [0.25, 0.3) is 0 Å². The average Bonchev–Trinajstić information content (AvgIpc) is 3.23. The minimum atomic E-state index is -0.186. The van der Waals surface area contributed by atoms with Crippen molar-refractivity contribution in [1.29, 1.82) is 0 Å². The lowest BCUT2D eigenvalue weighted by molar-refractivity contribution is 0.240. The van der Waals surface area contributed by atoms with Gasteiger partial charge < -0.3 is 19.8 Å². The number of hydrogen-bond acceptors (Lipinski definition) is 2. The molecule has 118 valence electrons. The number of benzene rings is 1. The van der Waals surface area contributed by atoms with Gasteiger partial charge in [0.1, 0.15) is 0 Å². The standard InChI is InChI=1S/C17H19N5O/c1-21-8-6-14(12-21)10-19-17(23)20-11-15-4-2-3-5-16(15)22-9-7-18-13-22/h2-9,12-13H,10-11H2,1H3,(H2,19,20,23). The van der Waals surface area contributed by atoms with Crippen LogP contribution in [-0.2, 0) is 20.1 Å². The molecular formula is C17H19N5O. The highest BCUT2D eigenvalue weighted by molar-refractivity contribution is 5.74. The molecule has 0 saturated heterocycles. The molecule has 6 nitrogen and oxygen atoms in total. The van der Waals surface area contributed by atoms with E-state index in [0.29, 0.717) is 13.1 Å². The van der Waals surface area contributed by atoms with Crippen LogP contribution in [0.2, 0.25) is 0 Å². The van der Waals surface area contributed by atoms with E-state index < -0.39 is 0 Å². The molecule has 0 atom stereocenters. The molecule has 0 spiro atoms. The number of hydrogen-bond donors (Lipinski definition) is 2. The molecular weight excluding hydrogens is 290 g/mol. The highest BCUT2D eigenvalue weighted by Crippen LogP contribution is 2.13. The van der Waals surface area contributed by atoms with Crippen LogP contribution in [-0.4, -0.2) is 20.1 Å². The molecule has 6 heteroatoms. The Kier molecular flexibility index (Phi) is 4.42. The molecule has 0 aliphatic rings. The van der Waals surface area contributed by atoms with Crippen LogP contribution in [0.3, 0.4) is 0 Å². The summed E-state index contributed by atoms with van der Waals surface area (Å²) in [5, 5.41) is 5.74. The first-order valence-corrected chi connectivity index (χ1v) is 7.41. The maximum atomic E-state index is 11.9. The fourth-order valence-electron chi connectivity index (χ4n) is 2.40. The predicted molar refractivity (Wildman–Crippen MR) is 88.1 cm³/mol.